The molecule has 11 heteroatoms. The number of carbonyl (C=O) groups excluding carboxylic acids is 4. The van der Waals surface area contributed by atoms with Crippen molar-refractivity contribution in [2.75, 3.05) is 13.7 Å². The maximum atomic E-state index is 13.5. The summed E-state index contributed by atoms with van der Waals surface area (Å²) in [7, 11) is 1.14. The van der Waals surface area contributed by atoms with Crippen molar-refractivity contribution in [3.63, 3.8) is 0 Å². The molecule has 0 spiro atoms. The van der Waals surface area contributed by atoms with Crippen molar-refractivity contribution in [1.29, 1.82) is 0 Å². The van der Waals surface area contributed by atoms with E-state index >= 15 is 0 Å². The topological polar surface area (TPSA) is 138 Å². The fourth-order valence-electron chi connectivity index (χ4n) is 3.19. The van der Waals surface area contributed by atoms with Crippen LogP contribution in [0.5, 0.6) is 5.75 Å². The van der Waals surface area contributed by atoms with Gasteiger partial charge in [0.2, 0.25) is 5.91 Å². The zero-order valence-electron chi connectivity index (χ0n) is 21.2. The van der Waals surface area contributed by atoms with Crippen LogP contribution in [0.4, 0.5) is 8.78 Å². The number of hydrogen-bond donors (Lipinski definition) is 2. The van der Waals surface area contributed by atoms with Crippen molar-refractivity contribution in [1.82, 2.24) is 10.3 Å². The van der Waals surface area contributed by atoms with E-state index < -0.39 is 60.0 Å². The molecule has 2 amide bonds. The summed E-state index contributed by atoms with van der Waals surface area (Å²) in [6.45, 7) is 2.93. The maximum absolute atomic E-state index is 13.5. The number of nitrogens with two attached hydrogens (primary N) is 1. The number of primary amides is 1. The minimum Gasteiger partial charge on any atom is -0.480 e. The highest BCUT2D eigenvalue weighted by Gasteiger charge is 2.25. The molecule has 0 fully saturated rings. The number of pyridine rings is 1. The number of methoxy groups -OCH3 is 1. The van der Waals surface area contributed by atoms with Crippen molar-refractivity contribution in [2.24, 2.45) is 11.7 Å². The number of aromatic nitrogens is 1. The molecule has 0 saturated heterocycles. The summed E-state index contributed by atoms with van der Waals surface area (Å²) in [6.07, 6.45) is -0.240. The normalized spacial score (nSPS) is 11.2. The average molecular weight is 530 g/mol. The van der Waals surface area contributed by atoms with Crippen LogP contribution in [-0.4, -0.2) is 48.3 Å². The van der Waals surface area contributed by atoms with E-state index in [1.165, 1.54) is 0 Å². The summed E-state index contributed by atoms with van der Waals surface area (Å²) in [5.41, 5.74) is 6.20. The van der Waals surface area contributed by atoms with Crippen molar-refractivity contribution in [2.45, 2.75) is 32.7 Å². The number of halogens is 2. The number of ketones is 1. The molecule has 1 atom stereocenters. The first-order valence-corrected chi connectivity index (χ1v) is 11.6. The van der Waals surface area contributed by atoms with Crippen LogP contribution in [0.15, 0.2) is 54.6 Å². The van der Waals surface area contributed by atoms with Gasteiger partial charge in [0.1, 0.15) is 18.3 Å². The largest absolute Gasteiger partial charge is 0.480 e. The Morgan fingerprint density at radius 1 is 0.947 bits per heavy atom. The molecule has 0 saturated carbocycles. The van der Waals surface area contributed by atoms with Crippen LogP contribution < -0.4 is 15.8 Å². The Labute approximate surface area is 218 Å². The lowest BCUT2D eigenvalue weighted by molar-refractivity contribution is -0.143. The van der Waals surface area contributed by atoms with Gasteiger partial charge in [-0.3, -0.25) is 19.2 Å². The molecule has 0 aliphatic rings. The van der Waals surface area contributed by atoms with Crippen LogP contribution in [0.25, 0.3) is 10.9 Å². The minimum atomic E-state index is -1.20. The summed E-state index contributed by atoms with van der Waals surface area (Å²) < 4.78 is 36.4. The number of nitrogens with one attached hydrogen (secondary N) is 1. The van der Waals surface area contributed by atoms with Crippen LogP contribution in [0.1, 0.15) is 37.2 Å². The van der Waals surface area contributed by atoms with Crippen molar-refractivity contribution < 1.29 is 37.4 Å². The highest BCUT2D eigenvalue weighted by molar-refractivity contribution is 5.94. The van der Waals surface area contributed by atoms with E-state index in [9.17, 15) is 28.0 Å². The molecule has 2 aromatic carbocycles. The number of fused-ring (bicyclic) bond motifs is 1. The lowest BCUT2D eigenvalue weighted by Gasteiger charge is -2.18. The quantitative estimate of drug-likeness (QED) is 0.384. The number of rotatable bonds is 10. The number of amides is 2. The zero-order valence-corrected chi connectivity index (χ0v) is 21.2. The molecule has 0 aliphatic carbocycles. The number of carbonyl (C=O) groups is 4. The highest BCUT2D eigenvalue weighted by atomic mass is 19.1. The minimum absolute atomic E-state index is 0.0534. The SMILES string of the molecule is COC(=O)C[C@H](NC(=O)CC(C)C)C(=O)COc1c(F)cccc1F.NC(=O)c1ccc2ccccc2n1. The first-order chi connectivity index (χ1) is 18.0. The zero-order chi connectivity index (χ0) is 28.2. The molecule has 202 valence electrons. The van der Waals surface area contributed by atoms with Crippen LogP contribution >= 0.6 is 0 Å². The number of para-hydroxylation sites is 2. The van der Waals surface area contributed by atoms with Crippen LogP contribution in [-0.2, 0) is 19.1 Å². The Kier molecular flexibility index (Phi) is 11.3. The van der Waals surface area contributed by atoms with Crippen molar-refractivity contribution in [3.8, 4) is 5.75 Å². The number of hydrogen-bond acceptors (Lipinski definition) is 7. The molecule has 0 bridgehead atoms. The van der Waals surface area contributed by atoms with Gasteiger partial charge < -0.3 is 20.5 Å². The molecule has 3 aromatic rings. The summed E-state index contributed by atoms with van der Waals surface area (Å²) in [4.78, 5) is 50.4. The van der Waals surface area contributed by atoms with Crippen LogP contribution in [0.2, 0.25) is 0 Å². The highest BCUT2D eigenvalue weighted by Crippen LogP contribution is 2.21. The van der Waals surface area contributed by atoms with Crippen molar-refractivity contribution in [3.05, 3.63) is 71.9 Å². The number of Topliss-reactive ketones (excluding diaryl/α,β-unsaturated/α-hetero) is 1. The fraction of sp³-hybridized carbons (Fsp3) is 0.296. The summed E-state index contributed by atoms with van der Waals surface area (Å²) in [5, 5.41) is 3.43. The maximum Gasteiger partial charge on any atom is 0.308 e. The van der Waals surface area contributed by atoms with E-state index in [1.807, 2.05) is 44.2 Å². The Balaban J connectivity index is 0.000000323. The van der Waals surface area contributed by atoms with Crippen molar-refractivity contribution >= 4 is 34.5 Å². The van der Waals surface area contributed by atoms with Gasteiger partial charge in [0.25, 0.3) is 5.91 Å². The Bertz CT molecular complexity index is 1280. The van der Waals surface area contributed by atoms with Gasteiger partial charge in [-0.1, -0.05) is 44.2 Å². The van der Waals surface area contributed by atoms with Gasteiger partial charge in [0, 0.05) is 11.8 Å². The monoisotopic (exact) mass is 529 g/mol. The number of ether oxygens (including phenoxy) is 2. The molecular formula is C27H29F2N3O6. The second-order valence-corrected chi connectivity index (χ2v) is 8.56. The molecule has 1 heterocycles. The second kappa shape index (κ2) is 14.4. The Morgan fingerprint density at radius 3 is 2.21 bits per heavy atom. The predicted molar refractivity (Wildman–Crippen MR) is 135 cm³/mol. The number of nitrogens with zero attached hydrogens (tertiary/aromatic N) is 1. The molecule has 0 aliphatic heterocycles. The average Bonchev–Trinajstić information content (AvgIpc) is 2.87. The first kappa shape index (κ1) is 29.8. The standard InChI is InChI=1S/C17H21F2NO5.C10H8N2O/c1-10(2)7-15(22)20-13(8-16(23)24-3)14(21)9-25-17-11(18)5-4-6-12(17)19;11-10(13)9-6-5-7-3-1-2-4-8(7)12-9/h4-6,10,13H,7-9H2,1-3H3,(H,20,22);1-6H,(H2,11,13)/t13-;/m0./s1. The van der Waals surface area contributed by atoms with Crippen LogP contribution in [0.3, 0.4) is 0 Å². The van der Waals surface area contributed by atoms with E-state index in [1.54, 1.807) is 6.07 Å². The lowest BCUT2D eigenvalue weighted by atomic mass is 10.1. The van der Waals surface area contributed by atoms with Crippen LogP contribution in [0, 0.1) is 17.6 Å². The smallest absolute Gasteiger partial charge is 0.308 e. The first-order valence-electron chi connectivity index (χ1n) is 11.6. The molecule has 3 N–H and O–H groups in total. The molecule has 38 heavy (non-hydrogen) atoms. The molecule has 0 unspecified atom stereocenters. The summed E-state index contributed by atoms with van der Waals surface area (Å²) in [5.74, 6) is -4.88. The van der Waals surface area contributed by atoms with Gasteiger partial charge in [-0.25, -0.2) is 13.8 Å². The van der Waals surface area contributed by atoms with E-state index in [0.717, 1.165) is 36.2 Å². The van der Waals surface area contributed by atoms with E-state index in [0.29, 0.717) is 5.69 Å². The third-order valence-corrected chi connectivity index (χ3v) is 5.04. The fourth-order valence-corrected chi connectivity index (χ4v) is 3.19. The molecular weight excluding hydrogens is 500 g/mol. The van der Waals surface area contributed by atoms with E-state index in [-0.39, 0.29) is 12.3 Å². The van der Waals surface area contributed by atoms with E-state index in [4.69, 9.17) is 10.5 Å². The molecule has 9 nitrogen and oxygen atoms in total. The van der Waals surface area contributed by atoms with Gasteiger partial charge in [-0.2, -0.15) is 0 Å². The predicted octanol–water partition coefficient (Wildman–Crippen LogP) is 3.34. The van der Waals surface area contributed by atoms with Gasteiger partial charge in [0.15, 0.2) is 23.2 Å². The number of benzene rings is 2. The Hall–Kier alpha value is -4.41. The third-order valence-electron chi connectivity index (χ3n) is 5.04. The number of esters is 1. The Morgan fingerprint density at radius 2 is 1.61 bits per heavy atom. The van der Waals surface area contributed by atoms with E-state index in [2.05, 4.69) is 15.0 Å². The second-order valence-electron chi connectivity index (χ2n) is 8.56. The molecule has 3 rings (SSSR count). The summed E-state index contributed by atoms with van der Waals surface area (Å²) in [6, 6.07) is 13.0. The van der Waals surface area contributed by atoms with Gasteiger partial charge in [-0.15, -0.1) is 0 Å². The lowest BCUT2D eigenvalue weighted by Crippen LogP contribution is -2.44. The summed E-state index contributed by atoms with van der Waals surface area (Å²) >= 11 is 0. The van der Waals surface area contributed by atoms with Gasteiger partial charge in [0.05, 0.1) is 19.0 Å². The molecule has 1 aromatic heterocycles. The van der Waals surface area contributed by atoms with Gasteiger partial charge >= 0.3 is 5.97 Å². The third kappa shape index (κ3) is 9.23. The van der Waals surface area contributed by atoms with Gasteiger partial charge in [-0.05, 0) is 30.2 Å². The molecule has 0 radical (unpaired) electrons.